The molecular formula is C9H19F3O2Si. The van der Waals surface area contributed by atoms with Crippen molar-refractivity contribution in [1.29, 1.82) is 0 Å². The number of hydrogen-bond donors (Lipinski definition) is 0. The van der Waals surface area contributed by atoms with Crippen molar-refractivity contribution >= 4 is 8.56 Å². The zero-order chi connectivity index (χ0) is 12.2. The maximum absolute atomic E-state index is 13.4. The summed E-state index contributed by atoms with van der Waals surface area (Å²) in [6.45, 7) is 8.03. The second-order valence-electron chi connectivity index (χ2n) is 4.09. The van der Waals surface area contributed by atoms with Crippen molar-refractivity contribution in [2.45, 2.75) is 58.7 Å². The fourth-order valence-electron chi connectivity index (χ4n) is 1.32. The lowest BCUT2D eigenvalue weighted by Gasteiger charge is -2.32. The van der Waals surface area contributed by atoms with Crippen molar-refractivity contribution in [3.8, 4) is 0 Å². The van der Waals surface area contributed by atoms with Crippen LogP contribution in [0.15, 0.2) is 0 Å². The Morgan fingerprint density at radius 2 is 1.20 bits per heavy atom. The summed E-state index contributed by atoms with van der Waals surface area (Å²) >= 11 is 0. The summed E-state index contributed by atoms with van der Waals surface area (Å²) < 4.78 is 48.5. The number of rotatable bonds is 6. The first-order chi connectivity index (χ1) is 6.69. The topological polar surface area (TPSA) is 18.5 Å². The maximum atomic E-state index is 13.4. The summed E-state index contributed by atoms with van der Waals surface area (Å²) in [5.41, 5.74) is 0. The molecule has 2 nitrogen and oxygen atoms in total. The van der Waals surface area contributed by atoms with Gasteiger partial charge in [-0.05, 0) is 34.2 Å². The van der Waals surface area contributed by atoms with E-state index in [0.29, 0.717) is 0 Å². The molecule has 0 aliphatic heterocycles. The van der Waals surface area contributed by atoms with Crippen molar-refractivity contribution < 1.29 is 22.0 Å². The molecule has 15 heavy (non-hydrogen) atoms. The van der Waals surface area contributed by atoms with Gasteiger partial charge in [-0.3, -0.25) is 0 Å². The van der Waals surface area contributed by atoms with Crippen LogP contribution in [0.5, 0.6) is 0 Å². The van der Waals surface area contributed by atoms with Gasteiger partial charge in [-0.2, -0.15) is 0 Å². The van der Waals surface area contributed by atoms with Crippen LogP contribution in [0.25, 0.3) is 0 Å². The zero-order valence-corrected chi connectivity index (χ0v) is 10.8. The van der Waals surface area contributed by atoms with Crippen molar-refractivity contribution in [2.24, 2.45) is 0 Å². The van der Waals surface area contributed by atoms with Gasteiger partial charge in [0.25, 0.3) is 6.43 Å². The predicted octanol–water partition coefficient (Wildman–Crippen LogP) is 3.05. The molecule has 0 saturated carbocycles. The highest BCUT2D eigenvalue weighted by Gasteiger charge is 2.49. The Bertz CT molecular complexity index is 178. The molecule has 0 aliphatic carbocycles. The molecule has 0 amide bonds. The minimum atomic E-state index is -3.46. The minimum Gasteiger partial charge on any atom is -0.390 e. The van der Waals surface area contributed by atoms with Crippen LogP contribution in [0.3, 0.4) is 0 Å². The molecule has 0 aromatic rings. The number of hydrogen-bond acceptors (Lipinski definition) is 2. The number of alkyl halides is 3. The summed E-state index contributed by atoms with van der Waals surface area (Å²) in [6.07, 6.45) is -3.70. The van der Waals surface area contributed by atoms with Crippen LogP contribution in [-0.4, -0.2) is 33.0 Å². The van der Waals surface area contributed by atoms with Gasteiger partial charge in [-0.1, -0.05) is 0 Å². The third-order valence-corrected chi connectivity index (χ3v) is 4.79. The number of halogens is 3. The van der Waals surface area contributed by atoms with Gasteiger partial charge >= 0.3 is 8.56 Å². The minimum absolute atomic E-state index is 0.322. The molecule has 0 spiro atoms. The second-order valence-corrected chi connectivity index (χ2v) is 7.14. The fourth-order valence-corrected chi connectivity index (χ4v) is 3.97. The van der Waals surface area contributed by atoms with E-state index < -0.39 is 20.8 Å². The highest BCUT2D eigenvalue weighted by molar-refractivity contribution is 6.67. The molecule has 0 bridgehead atoms. The smallest absolute Gasteiger partial charge is 0.376 e. The van der Waals surface area contributed by atoms with Crippen LogP contribution in [0, 0.1) is 0 Å². The molecule has 0 radical (unpaired) electrons. The van der Waals surface area contributed by atoms with E-state index >= 15 is 0 Å². The average Bonchev–Trinajstić information content (AvgIpc) is 1.99. The first kappa shape index (κ1) is 14.9. The SMILES string of the molecule is CC(C)O[Si](C)(OC(C)C)C(F)C(F)F. The first-order valence-electron chi connectivity index (χ1n) is 4.97. The molecule has 92 valence electrons. The van der Waals surface area contributed by atoms with E-state index in [1.54, 1.807) is 27.7 Å². The largest absolute Gasteiger partial charge is 0.390 e. The lowest BCUT2D eigenvalue weighted by molar-refractivity contribution is 0.0262. The molecular weight excluding hydrogens is 225 g/mol. The van der Waals surface area contributed by atoms with E-state index in [1.165, 1.54) is 6.55 Å². The summed E-state index contributed by atoms with van der Waals surface area (Å²) in [5, 5.41) is 0. The summed E-state index contributed by atoms with van der Waals surface area (Å²) in [5.74, 6) is -2.32. The Kier molecular flexibility index (Phi) is 5.83. The van der Waals surface area contributed by atoms with Crippen LogP contribution < -0.4 is 0 Å². The molecule has 0 aromatic carbocycles. The Balaban J connectivity index is 4.67. The van der Waals surface area contributed by atoms with E-state index in [0.717, 1.165) is 0 Å². The zero-order valence-electron chi connectivity index (χ0n) is 9.76. The normalized spacial score (nSPS) is 15.4. The van der Waals surface area contributed by atoms with Gasteiger partial charge in [0.1, 0.15) is 0 Å². The summed E-state index contributed by atoms with van der Waals surface area (Å²) in [6, 6.07) is 0. The van der Waals surface area contributed by atoms with E-state index in [1.807, 2.05) is 0 Å². The van der Waals surface area contributed by atoms with Crippen molar-refractivity contribution in [3.05, 3.63) is 0 Å². The molecule has 0 aliphatic rings. The van der Waals surface area contributed by atoms with Crippen LogP contribution in [0.4, 0.5) is 13.2 Å². The second kappa shape index (κ2) is 5.86. The Morgan fingerprint density at radius 1 is 0.867 bits per heavy atom. The third-order valence-electron chi connectivity index (χ3n) is 1.66. The molecule has 6 heteroatoms. The predicted molar refractivity (Wildman–Crippen MR) is 55.0 cm³/mol. The standard InChI is InChI=1S/C9H19F3O2Si/c1-6(2)13-15(5,14-7(3)4)9(12)8(10)11/h6-9H,1-5H3. The average molecular weight is 244 g/mol. The molecule has 0 aromatic heterocycles. The molecule has 0 heterocycles. The van der Waals surface area contributed by atoms with Crippen molar-refractivity contribution in [3.63, 3.8) is 0 Å². The highest BCUT2D eigenvalue weighted by atomic mass is 28.4. The van der Waals surface area contributed by atoms with Gasteiger partial charge in [-0.25, -0.2) is 13.2 Å². The highest BCUT2D eigenvalue weighted by Crippen LogP contribution is 2.24. The molecule has 0 rings (SSSR count). The van der Waals surface area contributed by atoms with Crippen molar-refractivity contribution in [1.82, 2.24) is 0 Å². The van der Waals surface area contributed by atoms with Gasteiger partial charge in [-0.15, -0.1) is 0 Å². The molecule has 0 saturated heterocycles. The fraction of sp³-hybridized carbons (Fsp3) is 1.00. The Hall–Kier alpha value is -0.0731. The van der Waals surface area contributed by atoms with E-state index in [9.17, 15) is 13.2 Å². The van der Waals surface area contributed by atoms with Gasteiger partial charge in [0.2, 0.25) is 5.79 Å². The monoisotopic (exact) mass is 244 g/mol. The van der Waals surface area contributed by atoms with Crippen LogP contribution in [0.2, 0.25) is 6.55 Å². The van der Waals surface area contributed by atoms with Gasteiger partial charge in [0, 0.05) is 12.2 Å². The molecule has 1 atom stereocenters. The van der Waals surface area contributed by atoms with Gasteiger partial charge in [0.05, 0.1) is 0 Å². The third kappa shape index (κ3) is 4.99. The lowest BCUT2D eigenvalue weighted by Crippen LogP contribution is -2.54. The van der Waals surface area contributed by atoms with Crippen molar-refractivity contribution in [2.75, 3.05) is 0 Å². The van der Waals surface area contributed by atoms with Crippen LogP contribution in [0.1, 0.15) is 27.7 Å². The molecule has 1 unspecified atom stereocenters. The van der Waals surface area contributed by atoms with Gasteiger partial charge < -0.3 is 8.85 Å². The van der Waals surface area contributed by atoms with E-state index in [4.69, 9.17) is 8.85 Å². The Labute approximate surface area is 90.0 Å². The van der Waals surface area contributed by atoms with Crippen LogP contribution in [-0.2, 0) is 8.85 Å². The lowest BCUT2D eigenvalue weighted by atomic mass is 10.5. The maximum Gasteiger partial charge on any atom is 0.376 e. The Morgan fingerprint density at radius 3 is 1.40 bits per heavy atom. The summed E-state index contributed by atoms with van der Waals surface area (Å²) in [4.78, 5) is 0. The van der Waals surface area contributed by atoms with Crippen LogP contribution >= 0.6 is 0 Å². The van der Waals surface area contributed by atoms with E-state index in [-0.39, 0.29) is 12.2 Å². The summed E-state index contributed by atoms with van der Waals surface area (Å²) in [7, 11) is -3.46. The van der Waals surface area contributed by atoms with Gasteiger partial charge in [0.15, 0.2) is 0 Å². The quantitative estimate of drug-likeness (QED) is 0.669. The first-order valence-corrected chi connectivity index (χ1v) is 7.36. The molecule has 0 fully saturated rings. The molecule has 0 N–H and O–H groups in total. The van der Waals surface area contributed by atoms with E-state index in [2.05, 4.69) is 0 Å².